The van der Waals surface area contributed by atoms with Crippen LogP contribution < -0.4 is 10.6 Å². The maximum atomic E-state index is 10.9. The maximum Gasteiger partial charge on any atom is 0.221 e. The van der Waals surface area contributed by atoms with E-state index in [1.54, 1.807) is 25.5 Å². The number of rotatable bonds is 4. The fraction of sp³-hybridized carbons (Fsp3) is 0.333. The van der Waals surface area contributed by atoms with E-state index in [0.717, 1.165) is 5.69 Å². The Hall–Kier alpha value is -1.29. The molecule has 0 radical (unpaired) electrons. The Morgan fingerprint density at radius 2 is 2.36 bits per heavy atom. The van der Waals surface area contributed by atoms with Gasteiger partial charge in [-0.2, -0.15) is 0 Å². The van der Waals surface area contributed by atoms with Crippen molar-refractivity contribution in [3.05, 3.63) is 23.5 Å². The van der Waals surface area contributed by atoms with E-state index in [1.807, 2.05) is 0 Å². The Labute approximate surface area is 87.7 Å². The van der Waals surface area contributed by atoms with Gasteiger partial charge in [0.15, 0.2) is 0 Å². The number of carbonyl (C=O) groups excluding carboxylic acids is 1. The fourth-order valence-corrected chi connectivity index (χ4v) is 1.13. The van der Waals surface area contributed by atoms with E-state index in [9.17, 15) is 4.79 Å². The average molecular weight is 214 g/mol. The molecule has 0 spiro atoms. The van der Waals surface area contributed by atoms with Crippen LogP contribution in [0.15, 0.2) is 18.5 Å². The second-order valence-electron chi connectivity index (χ2n) is 2.74. The molecule has 0 aliphatic carbocycles. The van der Waals surface area contributed by atoms with Crippen LogP contribution in [0.4, 0.5) is 5.69 Å². The summed E-state index contributed by atoms with van der Waals surface area (Å²) in [6.07, 6.45) is 3.66. The van der Waals surface area contributed by atoms with Gasteiger partial charge in [0.05, 0.1) is 16.9 Å². The van der Waals surface area contributed by atoms with Gasteiger partial charge in [0.25, 0.3) is 0 Å². The number of carbonyl (C=O) groups is 1. The van der Waals surface area contributed by atoms with E-state index in [4.69, 9.17) is 11.6 Å². The molecule has 0 aromatic carbocycles. The molecular weight excluding hydrogens is 202 g/mol. The minimum atomic E-state index is 0.00693. The van der Waals surface area contributed by atoms with Gasteiger partial charge in [-0.3, -0.25) is 9.78 Å². The molecule has 0 aliphatic rings. The van der Waals surface area contributed by atoms with Crippen LogP contribution in [0.1, 0.15) is 6.42 Å². The Balaban J connectivity index is 2.35. The zero-order valence-corrected chi connectivity index (χ0v) is 8.64. The lowest BCUT2D eigenvalue weighted by Crippen LogP contribution is -2.20. The largest absolute Gasteiger partial charge is 0.383 e. The number of halogens is 1. The standard InChI is InChI=1S/C9H12ClN3O/c1-11-9(14)2-3-13-8-4-7(10)5-12-6-8/h4-6,13H,2-3H2,1H3,(H,11,14). The van der Waals surface area contributed by atoms with Gasteiger partial charge in [0.2, 0.25) is 5.91 Å². The number of aromatic nitrogens is 1. The summed E-state index contributed by atoms with van der Waals surface area (Å²) >= 11 is 5.73. The summed E-state index contributed by atoms with van der Waals surface area (Å²) in [6, 6.07) is 1.76. The summed E-state index contributed by atoms with van der Waals surface area (Å²) in [5, 5.41) is 6.16. The van der Waals surface area contributed by atoms with Crippen LogP contribution in [-0.2, 0) is 4.79 Å². The molecule has 0 saturated heterocycles. The highest BCUT2D eigenvalue weighted by molar-refractivity contribution is 6.30. The zero-order chi connectivity index (χ0) is 10.4. The van der Waals surface area contributed by atoms with Crippen molar-refractivity contribution >= 4 is 23.2 Å². The van der Waals surface area contributed by atoms with Crippen molar-refractivity contribution in [3.63, 3.8) is 0 Å². The van der Waals surface area contributed by atoms with E-state index in [2.05, 4.69) is 15.6 Å². The van der Waals surface area contributed by atoms with Crippen molar-refractivity contribution in [1.82, 2.24) is 10.3 Å². The van der Waals surface area contributed by atoms with Gasteiger partial charge < -0.3 is 10.6 Å². The lowest BCUT2D eigenvalue weighted by Gasteiger charge is -2.04. The first-order valence-electron chi connectivity index (χ1n) is 4.27. The van der Waals surface area contributed by atoms with E-state index in [-0.39, 0.29) is 5.91 Å². The van der Waals surface area contributed by atoms with Crippen molar-refractivity contribution in [2.45, 2.75) is 6.42 Å². The molecule has 1 rings (SSSR count). The monoisotopic (exact) mass is 213 g/mol. The second kappa shape index (κ2) is 5.44. The molecular formula is C9H12ClN3O. The number of anilines is 1. The number of pyridine rings is 1. The molecule has 2 N–H and O–H groups in total. The van der Waals surface area contributed by atoms with Crippen LogP contribution in [0.5, 0.6) is 0 Å². The fourth-order valence-electron chi connectivity index (χ4n) is 0.954. The molecule has 0 aliphatic heterocycles. The summed E-state index contributed by atoms with van der Waals surface area (Å²) < 4.78 is 0. The Bertz CT molecular complexity index is 317. The summed E-state index contributed by atoms with van der Waals surface area (Å²) in [5.74, 6) is 0.00693. The third-order valence-corrected chi connectivity index (χ3v) is 1.87. The van der Waals surface area contributed by atoms with E-state index < -0.39 is 0 Å². The predicted octanol–water partition coefficient (Wildman–Crippen LogP) is 1.28. The van der Waals surface area contributed by atoms with Crippen molar-refractivity contribution < 1.29 is 4.79 Å². The Kier molecular flexibility index (Phi) is 4.19. The van der Waals surface area contributed by atoms with Crippen LogP contribution in [0.2, 0.25) is 5.02 Å². The highest BCUT2D eigenvalue weighted by Gasteiger charge is 1.97. The summed E-state index contributed by atoms with van der Waals surface area (Å²) in [6.45, 7) is 0.571. The number of hydrogen-bond donors (Lipinski definition) is 2. The minimum Gasteiger partial charge on any atom is -0.383 e. The Morgan fingerprint density at radius 3 is 3.00 bits per heavy atom. The molecule has 76 valence electrons. The van der Waals surface area contributed by atoms with Gasteiger partial charge in [0, 0.05) is 26.2 Å². The molecule has 4 nitrogen and oxygen atoms in total. The van der Waals surface area contributed by atoms with Gasteiger partial charge >= 0.3 is 0 Å². The number of nitrogens with zero attached hydrogens (tertiary/aromatic N) is 1. The molecule has 1 aromatic heterocycles. The van der Waals surface area contributed by atoms with E-state index in [1.165, 1.54) is 0 Å². The van der Waals surface area contributed by atoms with Crippen molar-refractivity contribution in [2.75, 3.05) is 18.9 Å². The summed E-state index contributed by atoms with van der Waals surface area (Å²) in [4.78, 5) is 14.8. The SMILES string of the molecule is CNC(=O)CCNc1cncc(Cl)c1. The topological polar surface area (TPSA) is 54.0 Å². The van der Waals surface area contributed by atoms with Gasteiger partial charge in [0.1, 0.15) is 0 Å². The minimum absolute atomic E-state index is 0.00693. The number of amides is 1. The molecule has 14 heavy (non-hydrogen) atoms. The van der Waals surface area contributed by atoms with Crippen molar-refractivity contribution in [2.24, 2.45) is 0 Å². The molecule has 1 heterocycles. The Morgan fingerprint density at radius 1 is 1.57 bits per heavy atom. The van der Waals surface area contributed by atoms with Crippen molar-refractivity contribution in [3.8, 4) is 0 Å². The van der Waals surface area contributed by atoms with Gasteiger partial charge in [-0.25, -0.2) is 0 Å². The van der Waals surface area contributed by atoms with Crippen molar-refractivity contribution in [1.29, 1.82) is 0 Å². The molecule has 1 aromatic rings. The first-order valence-corrected chi connectivity index (χ1v) is 4.65. The molecule has 0 unspecified atom stereocenters. The predicted molar refractivity (Wildman–Crippen MR) is 56.4 cm³/mol. The summed E-state index contributed by atoms with van der Waals surface area (Å²) in [5.41, 5.74) is 0.821. The normalized spacial score (nSPS) is 9.57. The second-order valence-corrected chi connectivity index (χ2v) is 3.18. The highest BCUT2D eigenvalue weighted by atomic mass is 35.5. The molecule has 0 fully saturated rings. The highest BCUT2D eigenvalue weighted by Crippen LogP contribution is 2.12. The summed E-state index contributed by atoms with van der Waals surface area (Å²) in [7, 11) is 1.61. The lowest BCUT2D eigenvalue weighted by atomic mass is 10.3. The van der Waals surface area contributed by atoms with Gasteiger partial charge in [-0.15, -0.1) is 0 Å². The van der Waals surface area contributed by atoms with E-state index >= 15 is 0 Å². The molecule has 5 heteroatoms. The average Bonchev–Trinajstić information content (AvgIpc) is 2.17. The van der Waals surface area contributed by atoms with Crippen LogP contribution in [0.25, 0.3) is 0 Å². The molecule has 0 saturated carbocycles. The van der Waals surface area contributed by atoms with Crippen LogP contribution in [0, 0.1) is 0 Å². The quantitative estimate of drug-likeness (QED) is 0.793. The third kappa shape index (κ3) is 3.62. The maximum absolute atomic E-state index is 10.9. The van der Waals surface area contributed by atoms with Gasteiger partial charge in [-0.1, -0.05) is 11.6 Å². The zero-order valence-electron chi connectivity index (χ0n) is 7.88. The first-order chi connectivity index (χ1) is 6.72. The van der Waals surface area contributed by atoms with Crippen LogP contribution >= 0.6 is 11.6 Å². The first kappa shape index (κ1) is 10.8. The number of nitrogens with one attached hydrogen (secondary N) is 2. The van der Waals surface area contributed by atoms with Gasteiger partial charge in [-0.05, 0) is 6.07 Å². The van der Waals surface area contributed by atoms with Crippen LogP contribution in [0.3, 0.4) is 0 Å². The molecule has 0 bridgehead atoms. The lowest BCUT2D eigenvalue weighted by molar-refractivity contribution is -0.120. The number of hydrogen-bond acceptors (Lipinski definition) is 3. The van der Waals surface area contributed by atoms with E-state index in [0.29, 0.717) is 18.0 Å². The third-order valence-electron chi connectivity index (χ3n) is 1.66. The molecule has 1 amide bonds. The molecule has 0 atom stereocenters. The van der Waals surface area contributed by atoms with Crippen LogP contribution in [-0.4, -0.2) is 24.5 Å². The smallest absolute Gasteiger partial charge is 0.221 e.